The van der Waals surface area contributed by atoms with Crippen LogP contribution in [0.15, 0.2) is 36.4 Å². The van der Waals surface area contributed by atoms with Gasteiger partial charge in [0.25, 0.3) is 5.92 Å². The number of anilines is 2. The fraction of sp³-hybridized carbons (Fsp3) is 0.429. The molecule has 0 aromatic heterocycles. The van der Waals surface area contributed by atoms with Crippen molar-refractivity contribution in [2.75, 3.05) is 30.4 Å². The molecule has 1 heterocycles. The van der Waals surface area contributed by atoms with E-state index in [1.54, 1.807) is 9.91 Å². The van der Waals surface area contributed by atoms with Crippen molar-refractivity contribution >= 4 is 23.0 Å². The number of nitrogens with zero attached hydrogens (tertiary/aromatic N) is 2. The fourth-order valence-corrected chi connectivity index (χ4v) is 3.99. The van der Waals surface area contributed by atoms with Crippen molar-refractivity contribution in [3.63, 3.8) is 0 Å². The molecule has 0 amide bonds. The van der Waals surface area contributed by atoms with Crippen LogP contribution < -0.4 is 16.6 Å². The molecule has 0 atom stereocenters. The van der Waals surface area contributed by atoms with Crippen LogP contribution in [0.4, 0.5) is 20.2 Å². The van der Waals surface area contributed by atoms with Crippen LogP contribution in [-0.2, 0) is 6.54 Å². The molecule has 4 nitrogen and oxygen atoms in total. The van der Waals surface area contributed by atoms with Crippen LogP contribution in [0.25, 0.3) is 11.1 Å². The molecule has 1 saturated carbocycles. The van der Waals surface area contributed by atoms with Crippen molar-refractivity contribution in [2.24, 2.45) is 11.8 Å². The molecule has 2 fully saturated rings. The van der Waals surface area contributed by atoms with Crippen LogP contribution >= 0.6 is 11.6 Å². The summed E-state index contributed by atoms with van der Waals surface area (Å²) in [6.45, 7) is 1.56. The smallest absolute Gasteiger partial charge is 0.261 e. The molecule has 1 aliphatic carbocycles. The summed E-state index contributed by atoms with van der Waals surface area (Å²) in [4.78, 5) is 1.78. The van der Waals surface area contributed by atoms with Crippen LogP contribution in [0.2, 0.25) is 5.02 Å². The van der Waals surface area contributed by atoms with Gasteiger partial charge in [0.2, 0.25) is 0 Å². The molecule has 2 aliphatic rings. The second kappa shape index (κ2) is 7.50. The van der Waals surface area contributed by atoms with Gasteiger partial charge >= 0.3 is 0 Å². The van der Waals surface area contributed by atoms with E-state index in [1.165, 1.54) is 12.8 Å². The maximum atomic E-state index is 13.3. The summed E-state index contributed by atoms with van der Waals surface area (Å²) < 4.78 is 26.7. The van der Waals surface area contributed by atoms with Crippen LogP contribution in [0.3, 0.4) is 0 Å². The van der Waals surface area contributed by atoms with Gasteiger partial charge in [-0.05, 0) is 36.0 Å². The maximum absolute atomic E-state index is 13.3. The Hall–Kier alpha value is -1.89. The first-order chi connectivity index (χ1) is 13.3. The summed E-state index contributed by atoms with van der Waals surface area (Å²) in [5.41, 5.74) is 10.2. The summed E-state index contributed by atoms with van der Waals surface area (Å²) in [6, 6.07) is 11.6. The van der Waals surface area contributed by atoms with Crippen molar-refractivity contribution in [1.29, 1.82) is 0 Å². The number of hydrogen-bond acceptors (Lipinski definition) is 4. The van der Waals surface area contributed by atoms with Crippen LogP contribution in [0.5, 0.6) is 0 Å². The lowest BCUT2D eigenvalue weighted by molar-refractivity contribution is 0.0115. The van der Waals surface area contributed by atoms with E-state index in [0.717, 1.165) is 28.9 Å². The molecule has 0 unspecified atom stereocenters. The normalized spacial score (nSPS) is 19.1. The number of rotatable bonds is 6. The molecule has 0 bridgehead atoms. The van der Waals surface area contributed by atoms with E-state index in [9.17, 15) is 8.78 Å². The number of halogens is 3. The quantitative estimate of drug-likeness (QED) is 0.420. The third-order valence-corrected chi connectivity index (χ3v) is 5.95. The highest BCUT2D eigenvalue weighted by Gasteiger charge is 2.37. The molecule has 0 spiro atoms. The van der Waals surface area contributed by atoms with E-state index in [-0.39, 0.29) is 13.0 Å². The Labute approximate surface area is 169 Å². The SMILES string of the molecule is Nc1c(N(N)CC2CC2)ccc(-c2ccc(CN3CCC(F)(F)C3)cc2)c1Cl. The van der Waals surface area contributed by atoms with Crippen LogP contribution in [0, 0.1) is 5.92 Å². The highest BCUT2D eigenvalue weighted by molar-refractivity contribution is 6.36. The first kappa shape index (κ1) is 19.4. The second-order valence-corrected chi connectivity index (χ2v) is 8.35. The Balaban J connectivity index is 1.48. The molecule has 4 N–H and O–H groups in total. The molecular weight excluding hydrogens is 382 g/mol. The summed E-state index contributed by atoms with van der Waals surface area (Å²) in [6.07, 6.45) is 2.35. The predicted molar refractivity (Wildman–Crippen MR) is 110 cm³/mol. The van der Waals surface area contributed by atoms with Gasteiger partial charge in [-0.1, -0.05) is 41.9 Å². The van der Waals surface area contributed by atoms with Crippen LogP contribution in [-0.4, -0.2) is 30.5 Å². The lowest BCUT2D eigenvalue weighted by Gasteiger charge is -2.22. The zero-order chi connectivity index (χ0) is 19.9. The van der Waals surface area contributed by atoms with Crippen molar-refractivity contribution < 1.29 is 8.78 Å². The monoisotopic (exact) mass is 406 g/mol. The van der Waals surface area contributed by atoms with Gasteiger partial charge in [-0.3, -0.25) is 4.90 Å². The zero-order valence-electron chi connectivity index (χ0n) is 15.7. The standard InChI is InChI=1S/C21H25ClF2N4/c22-19-17(7-8-18(20(19)25)28(26)12-15-1-2-15)16-5-3-14(4-6-16)11-27-10-9-21(23,24)13-27/h3-8,15H,1-2,9-13,25-26H2. The molecule has 1 saturated heterocycles. The van der Waals surface area contributed by atoms with Crippen molar-refractivity contribution in [3.05, 3.63) is 47.0 Å². The Morgan fingerprint density at radius 1 is 1.14 bits per heavy atom. The van der Waals surface area contributed by atoms with Crippen LogP contribution in [0.1, 0.15) is 24.8 Å². The van der Waals surface area contributed by atoms with Crippen molar-refractivity contribution in [1.82, 2.24) is 4.90 Å². The Morgan fingerprint density at radius 3 is 2.46 bits per heavy atom. The Morgan fingerprint density at radius 2 is 1.86 bits per heavy atom. The van der Waals surface area contributed by atoms with E-state index in [2.05, 4.69) is 0 Å². The van der Waals surface area contributed by atoms with E-state index in [0.29, 0.717) is 29.7 Å². The van der Waals surface area contributed by atoms with E-state index >= 15 is 0 Å². The number of hydrogen-bond donors (Lipinski definition) is 2. The topological polar surface area (TPSA) is 58.5 Å². The fourth-order valence-electron chi connectivity index (χ4n) is 3.72. The average Bonchev–Trinajstić information content (AvgIpc) is 3.40. The molecule has 150 valence electrons. The molecule has 4 rings (SSSR count). The third kappa shape index (κ3) is 4.24. The molecule has 0 radical (unpaired) electrons. The first-order valence-corrected chi connectivity index (χ1v) is 10.00. The minimum atomic E-state index is -2.57. The van der Waals surface area contributed by atoms with Crippen molar-refractivity contribution in [2.45, 2.75) is 31.7 Å². The summed E-state index contributed by atoms with van der Waals surface area (Å²) in [5, 5.41) is 2.16. The maximum Gasteiger partial charge on any atom is 0.261 e. The van der Waals surface area contributed by atoms with Gasteiger partial charge in [-0.2, -0.15) is 0 Å². The first-order valence-electron chi connectivity index (χ1n) is 9.62. The molecule has 28 heavy (non-hydrogen) atoms. The second-order valence-electron chi connectivity index (χ2n) is 7.97. The molecular formula is C21H25ClF2N4. The van der Waals surface area contributed by atoms with Gasteiger partial charge in [0.15, 0.2) is 0 Å². The highest BCUT2D eigenvalue weighted by atomic mass is 35.5. The summed E-state index contributed by atoms with van der Waals surface area (Å²) in [5.74, 6) is 4.23. The molecule has 2 aromatic carbocycles. The number of alkyl halides is 2. The van der Waals surface area contributed by atoms with Gasteiger partial charge in [0, 0.05) is 31.6 Å². The molecule has 2 aromatic rings. The van der Waals surface area contributed by atoms with Gasteiger partial charge in [-0.15, -0.1) is 0 Å². The third-order valence-electron chi connectivity index (χ3n) is 5.54. The predicted octanol–water partition coefficient (Wildman–Crippen LogP) is 4.52. The number of nitrogens with two attached hydrogens (primary N) is 2. The average molecular weight is 407 g/mol. The Kier molecular flexibility index (Phi) is 5.21. The lowest BCUT2D eigenvalue weighted by Crippen LogP contribution is -2.33. The van der Waals surface area contributed by atoms with Gasteiger partial charge in [0.1, 0.15) is 0 Å². The number of benzene rings is 2. The number of likely N-dealkylation sites (tertiary alicyclic amines) is 1. The van der Waals surface area contributed by atoms with E-state index in [1.807, 2.05) is 36.4 Å². The van der Waals surface area contributed by atoms with Gasteiger partial charge in [-0.25, -0.2) is 14.6 Å². The van der Waals surface area contributed by atoms with Gasteiger partial charge < -0.3 is 10.7 Å². The highest BCUT2D eigenvalue weighted by Crippen LogP contribution is 2.39. The summed E-state index contributed by atoms with van der Waals surface area (Å²) >= 11 is 6.54. The Bertz CT molecular complexity index is 852. The summed E-state index contributed by atoms with van der Waals surface area (Å²) in [7, 11) is 0. The minimum absolute atomic E-state index is 0.0643. The molecule has 7 heteroatoms. The number of hydrazine groups is 1. The largest absolute Gasteiger partial charge is 0.396 e. The lowest BCUT2D eigenvalue weighted by atomic mass is 10.0. The van der Waals surface area contributed by atoms with Crippen molar-refractivity contribution in [3.8, 4) is 11.1 Å². The van der Waals surface area contributed by atoms with Gasteiger partial charge in [0.05, 0.1) is 22.9 Å². The number of nitrogen functional groups attached to an aromatic ring is 1. The minimum Gasteiger partial charge on any atom is -0.396 e. The molecule has 1 aliphatic heterocycles. The zero-order valence-corrected chi connectivity index (χ0v) is 16.4. The van der Waals surface area contributed by atoms with E-state index in [4.69, 9.17) is 23.2 Å². The van der Waals surface area contributed by atoms with E-state index < -0.39 is 5.92 Å².